The molecular formula is C22H19N7O2. The van der Waals surface area contributed by atoms with E-state index in [9.17, 15) is 9.59 Å². The van der Waals surface area contributed by atoms with Crippen molar-refractivity contribution < 1.29 is 9.59 Å². The zero-order chi connectivity index (χ0) is 21.4. The van der Waals surface area contributed by atoms with Gasteiger partial charge in [0, 0.05) is 23.0 Å². The number of nitrogens with zero attached hydrogens (tertiary/aromatic N) is 4. The topological polar surface area (TPSA) is 114 Å². The summed E-state index contributed by atoms with van der Waals surface area (Å²) in [6, 6.07) is 12.1. The molecule has 3 amide bonds. The molecule has 0 fully saturated rings. The molecule has 1 unspecified atom stereocenters. The fourth-order valence-corrected chi connectivity index (χ4v) is 3.71. The molecule has 9 heteroatoms. The number of benzene rings is 1. The maximum absolute atomic E-state index is 12.6. The van der Waals surface area contributed by atoms with Crippen molar-refractivity contribution in [2.45, 2.75) is 19.4 Å². The average Bonchev–Trinajstić information content (AvgIpc) is 3.17. The van der Waals surface area contributed by atoms with E-state index in [1.165, 1.54) is 0 Å². The van der Waals surface area contributed by atoms with Crippen LogP contribution in [0.3, 0.4) is 0 Å². The normalized spacial score (nSPS) is 15.3. The molecule has 0 saturated carbocycles. The minimum absolute atomic E-state index is 0.137. The van der Waals surface area contributed by atoms with Gasteiger partial charge in [-0.15, -0.1) is 0 Å². The highest BCUT2D eigenvalue weighted by Gasteiger charge is 2.26. The number of fused-ring (bicyclic) bond motifs is 2. The van der Waals surface area contributed by atoms with Crippen LogP contribution in [0.5, 0.6) is 0 Å². The SMILES string of the molecule is Cc1cc(-n2ncc3cc(NC(=O)NC4CC(=O)Nc5ccccc54)ncc32)ccn1. The number of carbonyl (C=O) groups excluding carboxylic acids is 2. The van der Waals surface area contributed by atoms with Crippen LogP contribution >= 0.6 is 0 Å². The Labute approximate surface area is 177 Å². The van der Waals surface area contributed by atoms with Gasteiger partial charge in [-0.25, -0.2) is 14.5 Å². The number of rotatable bonds is 3. The highest BCUT2D eigenvalue weighted by Crippen LogP contribution is 2.30. The Balaban J connectivity index is 1.34. The van der Waals surface area contributed by atoms with E-state index in [0.717, 1.165) is 27.8 Å². The summed E-state index contributed by atoms with van der Waals surface area (Å²) in [7, 11) is 0. The van der Waals surface area contributed by atoms with Gasteiger partial charge in [-0.3, -0.25) is 15.1 Å². The molecule has 0 radical (unpaired) electrons. The first-order chi connectivity index (χ1) is 15.1. The number of urea groups is 1. The summed E-state index contributed by atoms with van der Waals surface area (Å²) in [6.07, 6.45) is 5.29. The second-order valence-corrected chi connectivity index (χ2v) is 7.33. The van der Waals surface area contributed by atoms with Crippen LogP contribution in [0.1, 0.15) is 23.7 Å². The van der Waals surface area contributed by atoms with Gasteiger partial charge in [-0.05, 0) is 36.8 Å². The van der Waals surface area contributed by atoms with Crippen LogP contribution in [0.4, 0.5) is 16.3 Å². The molecule has 0 saturated heterocycles. The lowest BCUT2D eigenvalue weighted by Crippen LogP contribution is -2.37. The Morgan fingerprint density at radius 2 is 2.03 bits per heavy atom. The lowest BCUT2D eigenvalue weighted by molar-refractivity contribution is -0.116. The van der Waals surface area contributed by atoms with E-state index in [1.807, 2.05) is 43.3 Å². The first kappa shape index (κ1) is 18.7. The van der Waals surface area contributed by atoms with Gasteiger partial charge < -0.3 is 10.6 Å². The lowest BCUT2D eigenvalue weighted by atomic mass is 9.97. The number of amides is 3. The van der Waals surface area contributed by atoms with Crippen LogP contribution in [0, 0.1) is 6.92 Å². The number of nitrogens with one attached hydrogen (secondary N) is 3. The highest BCUT2D eigenvalue weighted by molar-refractivity contribution is 5.96. The zero-order valence-electron chi connectivity index (χ0n) is 16.7. The van der Waals surface area contributed by atoms with Crippen LogP contribution < -0.4 is 16.0 Å². The Bertz CT molecular complexity index is 1310. The minimum Gasteiger partial charge on any atom is -0.330 e. The number of aryl methyl sites for hydroxylation is 1. The van der Waals surface area contributed by atoms with Gasteiger partial charge in [0.15, 0.2) is 0 Å². The molecule has 154 valence electrons. The molecule has 1 aromatic carbocycles. The van der Waals surface area contributed by atoms with Crippen LogP contribution in [-0.4, -0.2) is 31.7 Å². The van der Waals surface area contributed by atoms with Gasteiger partial charge in [-0.2, -0.15) is 5.10 Å². The molecule has 1 aliphatic heterocycles. The van der Waals surface area contributed by atoms with Crippen LogP contribution in [0.15, 0.2) is 61.1 Å². The second kappa shape index (κ2) is 7.52. The summed E-state index contributed by atoms with van der Waals surface area (Å²) in [5.74, 6) is 0.256. The van der Waals surface area contributed by atoms with Crippen molar-refractivity contribution in [2.24, 2.45) is 0 Å². The monoisotopic (exact) mass is 413 g/mol. The summed E-state index contributed by atoms with van der Waals surface area (Å²) in [6.45, 7) is 1.92. The second-order valence-electron chi connectivity index (χ2n) is 7.33. The average molecular weight is 413 g/mol. The summed E-state index contributed by atoms with van der Waals surface area (Å²) >= 11 is 0. The van der Waals surface area contributed by atoms with Crippen LogP contribution in [0.2, 0.25) is 0 Å². The summed E-state index contributed by atoms with van der Waals surface area (Å²) in [5.41, 5.74) is 4.17. The fraction of sp³-hybridized carbons (Fsp3) is 0.136. The molecule has 0 spiro atoms. The van der Waals surface area contributed by atoms with Crippen LogP contribution in [-0.2, 0) is 4.79 Å². The van der Waals surface area contributed by atoms with Gasteiger partial charge >= 0.3 is 6.03 Å². The number of carbonyl (C=O) groups is 2. The number of para-hydroxylation sites is 1. The number of anilines is 2. The van der Waals surface area contributed by atoms with Crippen molar-refractivity contribution >= 4 is 34.3 Å². The third kappa shape index (κ3) is 3.68. The molecule has 0 aliphatic carbocycles. The molecule has 0 bridgehead atoms. The Hall–Kier alpha value is -4.27. The molecule has 4 heterocycles. The molecular weight excluding hydrogens is 394 g/mol. The molecule has 1 atom stereocenters. The molecule has 3 N–H and O–H groups in total. The zero-order valence-corrected chi connectivity index (χ0v) is 16.7. The first-order valence-electron chi connectivity index (χ1n) is 9.80. The molecule has 31 heavy (non-hydrogen) atoms. The molecule has 4 aromatic rings. The Morgan fingerprint density at radius 1 is 1.16 bits per heavy atom. The third-order valence-corrected chi connectivity index (χ3v) is 5.13. The molecule has 5 rings (SSSR count). The van der Waals surface area contributed by atoms with Gasteiger partial charge in [-0.1, -0.05) is 18.2 Å². The largest absolute Gasteiger partial charge is 0.330 e. The van der Waals surface area contributed by atoms with Crippen molar-refractivity contribution in [1.29, 1.82) is 0 Å². The lowest BCUT2D eigenvalue weighted by Gasteiger charge is -2.26. The number of hydrogen-bond donors (Lipinski definition) is 3. The van der Waals surface area contributed by atoms with E-state index < -0.39 is 12.1 Å². The predicted octanol–water partition coefficient (Wildman–Crippen LogP) is 3.33. The van der Waals surface area contributed by atoms with Crippen molar-refractivity contribution in [3.63, 3.8) is 0 Å². The third-order valence-electron chi connectivity index (χ3n) is 5.13. The number of pyridine rings is 2. The van der Waals surface area contributed by atoms with Crippen molar-refractivity contribution in [1.82, 2.24) is 25.1 Å². The van der Waals surface area contributed by atoms with E-state index in [1.54, 1.807) is 29.3 Å². The molecule has 3 aromatic heterocycles. The Morgan fingerprint density at radius 3 is 2.90 bits per heavy atom. The van der Waals surface area contributed by atoms with Gasteiger partial charge in [0.1, 0.15) is 5.82 Å². The summed E-state index contributed by atoms with van der Waals surface area (Å²) in [5, 5.41) is 13.7. The fourth-order valence-electron chi connectivity index (χ4n) is 3.71. The van der Waals surface area contributed by atoms with E-state index in [-0.39, 0.29) is 12.3 Å². The highest BCUT2D eigenvalue weighted by atomic mass is 16.2. The van der Waals surface area contributed by atoms with E-state index in [0.29, 0.717) is 11.5 Å². The quantitative estimate of drug-likeness (QED) is 0.477. The minimum atomic E-state index is -0.432. The summed E-state index contributed by atoms with van der Waals surface area (Å²) < 4.78 is 1.78. The van der Waals surface area contributed by atoms with Crippen molar-refractivity contribution in [3.05, 3.63) is 72.3 Å². The summed E-state index contributed by atoms with van der Waals surface area (Å²) in [4.78, 5) is 33.1. The van der Waals surface area contributed by atoms with Crippen molar-refractivity contribution in [3.8, 4) is 5.69 Å². The van der Waals surface area contributed by atoms with E-state index in [4.69, 9.17) is 0 Å². The molecule has 1 aliphatic rings. The standard InChI is InChI=1S/C22H19N7O2/c1-13-8-15(6-7-23-13)29-19-12-24-20(9-14(19)11-25-29)28-22(31)27-18-10-21(30)26-17-5-3-2-4-16(17)18/h2-9,11-12,18H,10H2,1H3,(H,26,30)(H2,24,27,28,31). The number of hydrogen-bond acceptors (Lipinski definition) is 5. The van der Waals surface area contributed by atoms with Gasteiger partial charge in [0.2, 0.25) is 5.91 Å². The van der Waals surface area contributed by atoms with Crippen LogP contribution in [0.25, 0.3) is 16.6 Å². The smallest absolute Gasteiger partial charge is 0.320 e. The maximum Gasteiger partial charge on any atom is 0.320 e. The predicted molar refractivity (Wildman–Crippen MR) is 116 cm³/mol. The van der Waals surface area contributed by atoms with Gasteiger partial charge in [0.05, 0.1) is 36.1 Å². The number of aromatic nitrogens is 4. The van der Waals surface area contributed by atoms with Crippen molar-refractivity contribution in [2.75, 3.05) is 10.6 Å². The first-order valence-corrected chi connectivity index (χ1v) is 9.80. The molecule has 9 nitrogen and oxygen atoms in total. The Kier molecular flexibility index (Phi) is 4.55. The maximum atomic E-state index is 12.6. The van der Waals surface area contributed by atoms with E-state index >= 15 is 0 Å². The van der Waals surface area contributed by atoms with Gasteiger partial charge in [0.25, 0.3) is 0 Å². The van der Waals surface area contributed by atoms with E-state index in [2.05, 4.69) is 31.0 Å².